The van der Waals surface area contributed by atoms with Crippen LogP contribution in [0, 0.1) is 5.82 Å². The monoisotopic (exact) mass is 335 g/mol. The zero-order valence-corrected chi connectivity index (χ0v) is 10.7. The summed E-state index contributed by atoms with van der Waals surface area (Å²) in [5.41, 5.74) is 4.71. The van der Waals surface area contributed by atoms with Crippen molar-refractivity contribution in [3.63, 3.8) is 0 Å². The van der Waals surface area contributed by atoms with Gasteiger partial charge in [-0.2, -0.15) is 0 Å². The van der Waals surface area contributed by atoms with Gasteiger partial charge in [0.15, 0.2) is 11.6 Å². The molecule has 3 nitrogen and oxygen atoms in total. The van der Waals surface area contributed by atoms with Gasteiger partial charge >= 0.3 is 0 Å². The van der Waals surface area contributed by atoms with Crippen LogP contribution in [0.1, 0.15) is 11.6 Å². The molecule has 0 radical (unpaired) electrons. The van der Waals surface area contributed by atoms with Gasteiger partial charge in [0.1, 0.15) is 12.6 Å². The van der Waals surface area contributed by atoms with E-state index in [4.69, 9.17) is 10.8 Å². The average Bonchev–Trinajstić information content (AvgIpc) is 2.24. The molecule has 1 aromatic rings. The van der Waals surface area contributed by atoms with Gasteiger partial charge in [-0.3, -0.25) is 0 Å². The maximum absolute atomic E-state index is 13.1. The van der Waals surface area contributed by atoms with Crippen LogP contribution in [0.15, 0.2) is 16.6 Å². The molecule has 1 rings (SSSR count). The van der Waals surface area contributed by atoms with E-state index in [-0.39, 0.29) is 16.9 Å². The van der Waals surface area contributed by atoms with Crippen molar-refractivity contribution in [3.05, 3.63) is 28.0 Å². The van der Waals surface area contributed by atoms with Gasteiger partial charge in [0, 0.05) is 10.0 Å². The fourth-order valence-electron chi connectivity index (χ4n) is 1.16. The van der Waals surface area contributed by atoms with Gasteiger partial charge in [-0.25, -0.2) is 13.2 Å². The second-order valence-corrected chi connectivity index (χ2v) is 4.04. The Bertz CT molecular complexity index is 406. The van der Waals surface area contributed by atoms with Gasteiger partial charge in [-0.05, 0) is 12.1 Å². The number of benzene rings is 1. The molecule has 0 aliphatic carbocycles. The number of aliphatic hydroxyl groups is 1. The lowest BCUT2D eigenvalue weighted by Crippen LogP contribution is -2.36. The van der Waals surface area contributed by atoms with Crippen LogP contribution in [0.5, 0.6) is 5.75 Å². The predicted octanol–water partition coefficient (Wildman–Crippen LogP) is 2.34. The van der Waals surface area contributed by atoms with E-state index in [1.165, 1.54) is 0 Å². The Hall–Kier alpha value is -0.500. The average molecular weight is 337 g/mol. The number of alkyl halides is 2. The lowest BCUT2D eigenvalue weighted by Gasteiger charge is -2.23. The topological polar surface area (TPSA) is 66.5 Å². The summed E-state index contributed by atoms with van der Waals surface area (Å²) < 4.78 is 39.2. The van der Waals surface area contributed by atoms with Crippen LogP contribution in [0.25, 0.3) is 0 Å². The molecule has 0 aliphatic rings. The highest BCUT2D eigenvalue weighted by atomic mass is 79.9. The molecule has 0 aliphatic heterocycles. The fourth-order valence-corrected chi connectivity index (χ4v) is 1.73. The van der Waals surface area contributed by atoms with Gasteiger partial charge < -0.3 is 15.9 Å². The fraction of sp³-hybridized carbons (Fsp3) is 0.333. The normalized spacial score (nSPS) is 13.1. The van der Waals surface area contributed by atoms with E-state index in [0.717, 1.165) is 12.1 Å². The minimum atomic E-state index is -3.65. The van der Waals surface area contributed by atoms with E-state index in [0.29, 0.717) is 0 Å². The van der Waals surface area contributed by atoms with Crippen molar-refractivity contribution in [2.75, 3.05) is 6.61 Å². The Morgan fingerprint density at radius 2 is 1.94 bits per heavy atom. The molecule has 1 atom stereocenters. The van der Waals surface area contributed by atoms with E-state index in [1.54, 1.807) is 0 Å². The molecule has 0 saturated carbocycles. The molecule has 0 bridgehead atoms. The van der Waals surface area contributed by atoms with Crippen LogP contribution in [0.4, 0.5) is 13.2 Å². The van der Waals surface area contributed by atoms with E-state index in [1.807, 2.05) is 0 Å². The third-order valence-corrected chi connectivity index (χ3v) is 2.78. The van der Waals surface area contributed by atoms with Crippen molar-refractivity contribution in [1.29, 1.82) is 0 Å². The van der Waals surface area contributed by atoms with E-state index in [9.17, 15) is 18.3 Å². The van der Waals surface area contributed by atoms with Crippen LogP contribution >= 0.6 is 28.3 Å². The molecule has 0 fully saturated rings. The molecule has 17 heavy (non-hydrogen) atoms. The summed E-state index contributed by atoms with van der Waals surface area (Å²) in [4.78, 5) is 0. The quantitative estimate of drug-likeness (QED) is 0.794. The minimum absolute atomic E-state index is 0. The summed E-state index contributed by atoms with van der Waals surface area (Å²) >= 11 is 2.88. The first-order valence-electron chi connectivity index (χ1n) is 4.22. The highest BCUT2D eigenvalue weighted by molar-refractivity contribution is 9.10. The Balaban J connectivity index is 0.00000256. The summed E-state index contributed by atoms with van der Waals surface area (Å²) in [6, 6.07) is 0.0623. The zero-order chi connectivity index (χ0) is 12.5. The lowest BCUT2D eigenvalue weighted by atomic mass is 10.0. The first-order chi connectivity index (χ1) is 7.31. The zero-order valence-electron chi connectivity index (χ0n) is 8.33. The van der Waals surface area contributed by atoms with Gasteiger partial charge in [-0.15, -0.1) is 12.4 Å². The number of halogens is 5. The summed E-state index contributed by atoms with van der Waals surface area (Å²) in [7, 11) is 0. The number of hydrogen-bond donors (Lipinski definition) is 3. The number of rotatable bonds is 3. The summed E-state index contributed by atoms with van der Waals surface area (Å²) in [5, 5.41) is 17.8. The first-order valence-corrected chi connectivity index (χ1v) is 5.01. The second-order valence-electron chi connectivity index (χ2n) is 3.19. The Morgan fingerprint density at radius 3 is 2.41 bits per heavy atom. The van der Waals surface area contributed by atoms with Crippen molar-refractivity contribution in [3.8, 4) is 5.75 Å². The Labute approximate surface area is 110 Å². The molecular weight excluding hydrogens is 326 g/mol. The number of aromatic hydroxyl groups is 1. The molecule has 0 heterocycles. The molecule has 98 valence electrons. The van der Waals surface area contributed by atoms with Crippen molar-refractivity contribution in [2.45, 2.75) is 12.0 Å². The third kappa shape index (κ3) is 3.25. The molecule has 4 N–H and O–H groups in total. The molecule has 0 amide bonds. The van der Waals surface area contributed by atoms with Crippen molar-refractivity contribution in [1.82, 2.24) is 0 Å². The lowest BCUT2D eigenvalue weighted by molar-refractivity contribution is -0.0718. The van der Waals surface area contributed by atoms with Gasteiger partial charge in [0.2, 0.25) is 0 Å². The highest BCUT2D eigenvalue weighted by Crippen LogP contribution is 2.39. The summed E-state index contributed by atoms with van der Waals surface area (Å²) in [6.07, 6.45) is 0. The number of phenols is 1. The number of hydrogen-bond acceptors (Lipinski definition) is 3. The van der Waals surface area contributed by atoms with Crippen molar-refractivity contribution in [2.24, 2.45) is 5.73 Å². The molecular formula is C9H10BrClF3NO2. The molecule has 1 aromatic carbocycles. The van der Waals surface area contributed by atoms with Crippen LogP contribution in [0.3, 0.4) is 0 Å². The van der Waals surface area contributed by atoms with E-state index < -0.39 is 35.7 Å². The van der Waals surface area contributed by atoms with Crippen molar-refractivity contribution >= 4 is 28.3 Å². The SMILES string of the molecule is Cl.N[C@H](c1c(Br)ccc(F)c1O)C(F)(F)CO. The maximum Gasteiger partial charge on any atom is 0.289 e. The number of nitrogens with two attached hydrogens (primary N) is 1. The standard InChI is InChI=1S/C9H9BrF3NO2.ClH/c10-4-1-2-5(11)7(16)6(4)8(14)9(12,13)3-15;/h1-2,8,15-16H,3,14H2;1H/t8-;/m1./s1. The molecule has 0 saturated heterocycles. The number of phenolic OH excluding ortho intramolecular Hbond substituents is 1. The molecule has 0 aromatic heterocycles. The Morgan fingerprint density at radius 1 is 1.41 bits per heavy atom. The number of aliphatic hydroxyl groups excluding tert-OH is 1. The molecule has 8 heteroatoms. The smallest absolute Gasteiger partial charge is 0.289 e. The Kier molecular flexibility index (Phi) is 5.73. The van der Waals surface area contributed by atoms with Crippen LogP contribution in [0.2, 0.25) is 0 Å². The largest absolute Gasteiger partial charge is 0.505 e. The van der Waals surface area contributed by atoms with Gasteiger partial charge in [0.25, 0.3) is 5.92 Å². The van der Waals surface area contributed by atoms with Crippen LogP contribution < -0.4 is 5.73 Å². The summed E-state index contributed by atoms with van der Waals surface area (Å²) in [6.45, 7) is -1.49. The van der Waals surface area contributed by atoms with E-state index in [2.05, 4.69) is 15.9 Å². The van der Waals surface area contributed by atoms with Crippen LogP contribution in [-0.2, 0) is 0 Å². The first kappa shape index (κ1) is 16.5. The third-order valence-electron chi connectivity index (χ3n) is 2.09. The second kappa shape index (κ2) is 5.90. The van der Waals surface area contributed by atoms with Gasteiger partial charge in [-0.1, -0.05) is 15.9 Å². The van der Waals surface area contributed by atoms with Gasteiger partial charge in [0.05, 0.1) is 0 Å². The predicted molar refractivity (Wildman–Crippen MR) is 62.0 cm³/mol. The molecule has 0 spiro atoms. The highest BCUT2D eigenvalue weighted by Gasteiger charge is 2.40. The molecule has 0 unspecified atom stereocenters. The minimum Gasteiger partial charge on any atom is -0.505 e. The van der Waals surface area contributed by atoms with Crippen molar-refractivity contribution < 1.29 is 23.4 Å². The summed E-state index contributed by atoms with van der Waals surface area (Å²) in [5.74, 6) is -5.65. The van der Waals surface area contributed by atoms with E-state index >= 15 is 0 Å². The maximum atomic E-state index is 13.1. The van der Waals surface area contributed by atoms with Crippen LogP contribution in [-0.4, -0.2) is 22.7 Å².